The smallest absolute Gasteiger partial charge is 0.454 e. The van der Waals surface area contributed by atoms with Crippen LogP contribution in [0, 0.1) is 0 Å². The van der Waals surface area contributed by atoms with E-state index in [9.17, 15) is 18.0 Å². The summed E-state index contributed by atoms with van der Waals surface area (Å²) >= 11 is 0. The molecule has 0 aliphatic rings. The minimum atomic E-state index is -4.91. The summed E-state index contributed by atoms with van der Waals surface area (Å²) in [6.07, 6.45) is -2.39. The fourth-order valence-corrected chi connectivity index (χ4v) is 3.39. The number of halogens is 3. The summed E-state index contributed by atoms with van der Waals surface area (Å²) in [5.41, 5.74) is 1.25. The van der Waals surface area contributed by atoms with E-state index in [0.717, 1.165) is 5.56 Å². The topological polar surface area (TPSA) is 40.5 Å². The largest absolute Gasteiger partial charge is 0.493 e. The maximum Gasteiger partial charge on any atom is 0.454 e. The number of Topliss-reactive ketones (excluding diaryl/α,β-unsaturated/α-hetero) is 1. The van der Waals surface area contributed by atoms with Crippen molar-refractivity contribution < 1.29 is 27.4 Å². The number of hydrogen-bond donors (Lipinski definition) is 0. The van der Waals surface area contributed by atoms with Crippen molar-refractivity contribution in [3.8, 4) is 11.5 Å². The van der Waals surface area contributed by atoms with Crippen molar-refractivity contribution in [2.75, 3.05) is 13.7 Å². The van der Waals surface area contributed by atoms with E-state index in [-0.39, 0.29) is 5.56 Å². The second-order valence-electron chi connectivity index (χ2n) is 6.58. The third-order valence-corrected chi connectivity index (χ3v) is 4.73. The molecule has 7 heteroatoms. The van der Waals surface area contributed by atoms with Gasteiger partial charge in [-0.3, -0.25) is 4.79 Å². The third-order valence-electron chi connectivity index (χ3n) is 4.73. The number of aromatic nitrogens is 1. The molecule has 2 aromatic carbocycles. The van der Waals surface area contributed by atoms with Gasteiger partial charge in [0.25, 0.3) is 5.78 Å². The van der Waals surface area contributed by atoms with E-state index < -0.39 is 12.0 Å². The first-order valence-electron chi connectivity index (χ1n) is 9.34. The van der Waals surface area contributed by atoms with Crippen molar-refractivity contribution in [3.05, 3.63) is 59.8 Å². The van der Waals surface area contributed by atoms with Gasteiger partial charge in [-0.25, -0.2) is 0 Å². The van der Waals surface area contributed by atoms with Crippen LogP contribution in [0.1, 0.15) is 29.3 Å². The van der Waals surface area contributed by atoms with E-state index in [1.54, 1.807) is 35.9 Å². The van der Waals surface area contributed by atoms with Crippen LogP contribution in [0.4, 0.5) is 13.2 Å². The number of carbonyl (C=O) groups excluding carboxylic acids is 1. The van der Waals surface area contributed by atoms with E-state index >= 15 is 0 Å². The summed E-state index contributed by atoms with van der Waals surface area (Å²) in [6.45, 7) is 2.72. The quantitative estimate of drug-likeness (QED) is 0.371. The van der Waals surface area contributed by atoms with E-state index in [2.05, 4.69) is 0 Å². The molecule has 154 valence electrons. The average Bonchev–Trinajstić information content (AvgIpc) is 3.08. The molecular formula is C22H22F3NO3. The van der Waals surface area contributed by atoms with Crippen molar-refractivity contribution in [2.45, 2.75) is 32.5 Å². The monoisotopic (exact) mass is 405 g/mol. The van der Waals surface area contributed by atoms with E-state index in [4.69, 9.17) is 9.47 Å². The Labute approximate surface area is 166 Å². The van der Waals surface area contributed by atoms with Crippen LogP contribution in [-0.4, -0.2) is 30.2 Å². The van der Waals surface area contributed by atoms with Gasteiger partial charge in [0, 0.05) is 18.1 Å². The zero-order chi connectivity index (χ0) is 21.0. The number of ether oxygens (including phenoxy) is 2. The summed E-state index contributed by atoms with van der Waals surface area (Å²) in [6, 6.07) is 12.4. The Bertz CT molecular complexity index is 1010. The van der Waals surface area contributed by atoms with Crippen LogP contribution in [0.3, 0.4) is 0 Å². The van der Waals surface area contributed by atoms with Gasteiger partial charge in [0.15, 0.2) is 11.5 Å². The van der Waals surface area contributed by atoms with Gasteiger partial charge in [0.05, 0.1) is 24.8 Å². The van der Waals surface area contributed by atoms with Crippen molar-refractivity contribution >= 4 is 16.7 Å². The number of carbonyl (C=O) groups is 1. The molecule has 0 aliphatic heterocycles. The van der Waals surface area contributed by atoms with Gasteiger partial charge in [-0.15, -0.1) is 0 Å². The molecule has 0 amide bonds. The lowest BCUT2D eigenvalue weighted by atomic mass is 10.0. The van der Waals surface area contributed by atoms with Gasteiger partial charge in [0.2, 0.25) is 0 Å². The lowest BCUT2D eigenvalue weighted by Gasteiger charge is -2.11. The second kappa shape index (κ2) is 8.59. The molecule has 0 N–H and O–H groups in total. The minimum absolute atomic E-state index is 0.312. The molecule has 4 nitrogen and oxygen atoms in total. The van der Waals surface area contributed by atoms with Crippen LogP contribution in [0.15, 0.2) is 48.7 Å². The molecule has 3 aromatic rings. The Morgan fingerprint density at radius 1 is 1.07 bits per heavy atom. The maximum absolute atomic E-state index is 13.0. The third kappa shape index (κ3) is 4.39. The van der Waals surface area contributed by atoms with Crippen LogP contribution in [0.5, 0.6) is 11.5 Å². The average molecular weight is 405 g/mol. The first kappa shape index (κ1) is 20.8. The number of para-hydroxylation sites is 3. The van der Waals surface area contributed by atoms with Crippen LogP contribution >= 0.6 is 0 Å². The molecule has 1 aromatic heterocycles. The molecule has 0 radical (unpaired) electrons. The van der Waals surface area contributed by atoms with Gasteiger partial charge >= 0.3 is 6.18 Å². The number of alkyl halides is 3. The second-order valence-corrected chi connectivity index (χ2v) is 6.58. The molecule has 0 spiro atoms. The number of benzene rings is 2. The summed E-state index contributed by atoms with van der Waals surface area (Å²) in [5.74, 6) is -0.598. The summed E-state index contributed by atoms with van der Waals surface area (Å²) in [5, 5.41) is 0.331. The number of methoxy groups -OCH3 is 1. The summed E-state index contributed by atoms with van der Waals surface area (Å²) in [7, 11) is 1.56. The molecule has 0 saturated carbocycles. The van der Waals surface area contributed by atoms with Crippen LogP contribution in [0.25, 0.3) is 10.9 Å². The first-order valence-corrected chi connectivity index (χ1v) is 9.34. The molecule has 3 rings (SSSR count). The summed E-state index contributed by atoms with van der Waals surface area (Å²) in [4.78, 5) is 11.9. The normalized spacial score (nSPS) is 11.6. The van der Waals surface area contributed by atoms with Gasteiger partial charge < -0.3 is 14.0 Å². The van der Waals surface area contributed by atoms with Gasteiger partial charge in [-0.2, -0.15) is 13.2 Å². The minimum Gasteiger partial charge on any atom is -0.493 e. The molecule has 0 bridgehead atoms. The Balaban J connectivity index is 1.82. The number of nitrogens with zero attached hydrogens (tertiary/aromatic N) is 1. The SMILES string of the molecule is CCc1cccc2c(C(=O)C(F)(F)F)cn(CCCOc3ccccc3OC)c12. The van der Waals surface area contributed by atoms with E-state index in [0.29, 0.717) is 48.4 Å². The van der Waals surface area contributed by atoms with Crippen LogP contribution < -0.4 is 9.47 Å². The number of fused-ring (bicyclic) bond motifs is 1. The maximum atomic E-state index is 13.0. The Hall–Kier alpha value is -2.96. The lowest BCUT2D eigenvalue weighted by molar-refractivity contribution is -0.0884. The van der Waals surface area contributed by atoms with Crippen LogP contribution in [0.2, 0.25) is 0 Å². The molecule has 1 heterocycles. The lowest BCUT2D eigenvalue weighted by Crippen LogP contribution is -2.22. The number of hydrogen-bond acceptors (Lipinski definition) is 3. The standard InChI is InChI=1S/C22H22F3NO3/c1-3-15-8-6-9-16-17(21(27)22(23,24)25)14-26(20(15)16)12-7-13-29-19-11-5-4-10-18(19)28-2/h4-6,8-11,14H,3,7,12-13H2,1-2H3. The molecule has 29 heavy (non-hydrogen) atoms. The predicted octanol–water partition coefficient (Wildman–Crippen LogP) is 5.43. The Kier molecular flexibility index (Phi) is 6.15. The number of ketones is 1. The molecule has 0 atom stereocenters. The number of aryl methyl sites for hydroxylation is 2. The van der Waals surface area contributed by atoms with Crippen LogP contribution in [-0.2, 0) is 13.0 Å². The van der Waals surface area contributed by atoms with Gasteiger partial charge in [-0.05, 0) is 30.5 Å². The Morgan fingerprint density at radius 3 is 2.45 bits per heavy atom. The van der Waals surface area contributed by atoms with Crippen molar-refractivity contribution in [2.24, 2.45) is 0 Å². The molecular weight excluding hydrogens is 383 g/mol. The highest BCUT2D eigenvalue weighted by Crippen LogP contribution is 2.31. The first-order chi connectivity index (χ1) is 13.9. The summed E-state index contributed by atoms with van der Waals surface area (Å²) < 4.78 is 51.8. The van der Waals surface area contributed by atoms with E-state index in [1.165, 1.54) is 6.20 Å². The molecule has 0 unspecified atom stereocenters. The molecule has 0 aliphatic carbocycles. The van der Waals surface area contributed by atoms with Crippen molar-refractivity contribution in [1.29, 1.82) is 0 Å². The highest BCUT2D eigenvalue weighted by molar-refractivity contribution is 6.11. The molecule has 0 saturated heterocycles. The van der Waals surface area contributed by atoms with Crippen molar-refractivity contribution in [1.82, 2.24) is 4.57 Å². The van der Waals surface area contributed by atoms with Gasteiger partial charge in [-0.1, -0.05) is 37.3 Å². The zero-order valence-corrected chi connectivity index (χ0v) is 16.3. The van der Waals surface area contributed by atoms with Gasteiger partial charge in [0.1, 0.15) is 0 Å². The number of rotatable bonds is 8. The highest BCUT2D eigenvalue weighted by Gasteiger charge is 2.40. The fourth-order valence-electron chi connectivity index (χ4n) is 3.39. The predicted molar refractivity (Wildman–Crippen MR) is 105 cm³/mol. The Morgan fingerprint density at radius 2 is 1.79 bits per heavy atom. The highest BCUT2D eigenvalue weighted by atomic mass is 19.4. The zero-order valence-electron chi connectivity index (χ0n) is 16.3. The molecule has 0 fully saturated rings. The van der Waals surface area contributed by atoms with Crippen molar-refractivity contribution in [3.63, 3.8) is 0 Å². The van der Waals surface area contributed by atoms with E-state index in [1.807, 2.05) is 25.1 Å². The fraction of sp³-hybridized carbons (Fsp3) is 0.318.